The standard InChI is InChI=1S/C9H19O5P/c1-3-4-5-14-6-8(2)9(10)7-15(11,12)13/h8H,3-7H2,1-2H3,(H2,11,12,13). The molecule has 5 nitrogen and oxygen atoms in total. The van der Waals surface area contributed by atoms with E-state index in [0.717, 1.165) is 12.8 Å². The predicted octanol–water partition coefficient (Wildman–Crippen LogP) is 1.19. The number of ketones is 1. The number of Topliss-reactive ketones (excluding diaryl/α,β-unsaturated/α-hetero) is 1. The lowest BCUT2D eigenvalue weighted by molar-refractivity contribution is -0.121. The Hall–Kier alpha value is -0.220. The average molecular weight is 238 g/mol. The lowest BCUT2D eigenvalue weighted by atomic mass is 10.1. The summed E-state index contributed by atoms with van der Waals surface area (Å²) in [6.45, 7) is 4.47. The van der Waals surface area contributed by atoms with Gasteiger partial charge in [0.2, 0.25) is 0 Å². The number of unbranched alkanes of at least 4 members (excludes halogenated alkanes) is 1. The number of hydrogen-bond donors (Lipinski definition) is 2. The van der Waals surface area contributed by atoms with Gasteiger partial charge in [-0.2, -0.15) is 0 Å². The molecule has 0 aliphatic carbocycles. The zero-order valence-corrected chi connectivity index (χ0v) is 10.1. The van der Waals surface area contributed by atoms with E-state index >= 15 is 0 Å². The molecular formula is C9H19O5P. The van der Waals surface area contributed by atoms with E-state index < -0.39 is 25.5 Å². The molecule has 0 radical (unpaired) electrons. The van der Waals surface area contributed by atoms with Gasteiger partial charge in [0.15, 0.2) is 0 Å². The molecule has 0 saturated heterocycles. The molecule has 0 aromatic rings. The molecule has 0 aromatic carbocycles. The van der Waals surface area contributed by atoms with E-state index in [0.29, 0.717) is 6.61 Å². The zero-order valence-electron chi connectivity index (χ0n) is 9.18. The maximum atomic E-state index is 11.3. The fourth-order valence-corrected chi connectivity index (χ4v) is 1.68. The second kappa shape index (κ2) is 7.12. The van der Waals surface area contributed by atoms with Gasteiger partial charge < -0.3 is 14.5 Å². The summed E-state index contributed by atoms with van der Waals surface area (Å²) in [5.74, 6) is -0.894. The van der Waals surface area contributed by atoms with Crippen LogP contribution in [0.5, 0.6) is 0 Å². The Morgan fingerprint density at radius 3 is 2.53 bits per heavy atom. The van der Waals surface area contributed by atoms with Crippen LogP contribution in [-0.4, -0.2) is 34.9 Å². The van der Waals surface area contributed by atoms with E-state index in [1.807, 2.05) is 6.92 Å². The summed E-state index contributed by atoms with van der Waals surface area (Å²) in [6, 6.07) is 0. The van der Waals surface area contributed by atoms with Crippen molar-refractivity contribution in [3.8, 4) is 0 Å². The Bertz CT molecular complexity index is 235. The molecule has 0 spiro atoms. The third-order valence-corrected chi connectivity index (χ3v) is 2.65. The van der Waals surface area contributed by atoms with Crippen molar-refractivity contribution in [3.63, 3.8) is 0 Å². The van der Waals surface area contributed by atoms with Crippen molar-refractivity contribution in [1.29, 1.82) is 0 Å². The Balaban J connectivity index is 3.75. The van der Waals surface area contributed by atoms with Crippen molar-refractivity contribution in [2.24, 2.45) is 5.92 Å². The smallest absolute Gasteiger partial charge is 0.332 e. The molecule has 0 aliphatic rings. The van der Waals surface area contributed by atoms with Crippen LogP contribution >= 0.6 is 7.60 Å². The number of ether oxygens (including phenoxy) is 1. The SMILES string of the molecule is CCCCOCC(C)C(=O)CP(=O)(O)O. The van der Waals surface area contributed by atoms with Crippen molar-refractivity contribution >= 4 is 13.4 Å². The average Bonchev–Trinajstić information content (AvgIpc) is 2.09. The maximum absolute atomic E-state index is 11.3. The Morgan fingerprint density at radius 2 is 2.07 bits per heavy atom. The van der Waals surface area contributed by atoms with E-state index in [9.17, 15) is 9.36 Å². The molecule has 0 saturated carbocycles. The number of carbonyl (C=O) groups is 1. The lowest BCUT2D eigenvalue weighted by Crippen LogP contribution is -2.20. The van der Waals surface area contributed by atoms with E-state index in [-0.39, 0.29) is 6.61 Å². The highest BCUT2D eigenvalue weighted by Gasteiger charge is 2.23. The van der Waals surface area contributed by atoms with Crippen molar-refractivity contribution in [2.45, 2.75) is 26.7 Å². The predicted molar refractivity (Wildman–Crippen MR) is 56.8 cm³/mol. The van der Waals surface area contributed by atoms with Crippen molar-refractivity contribution in [1.82, 2.24) is 0 Å². The molecular weight excluding hydrogens is 219 g/mol. The van der Waals surface area contributed by atoms with Crippen LogP contribution in [0.3, 0.4) is 0 Å². The highest BCUT2D eigenvalue weighted by molar-refractivity contribution is 7.52. The van der Waals surface area contributed by atoms with E-state index in [1.54, 1.807) is 6.92 Å². The summed E-state index contributed by atoms with van der Waals surface area (Å²) in [5, 5.41) is 0. The first-order chi connectivity index (χ1) is 6.87. The summed E-state index contributed by atoms with van der Waals surface area (Å²) in [4.78, 5) is 28.4. The number of rotatable bonds is 8. The molecule has 0 aromatic heterocycles. The van der Waals surface area contributed by atoms with Gasteiger partial charge in [-0.15, -0.1) is 0 Å². The third-order valence-electron chi connectivity index (χ3n) is 1.92. The van der Waals surface area contributed by atoms with E-state index in [4.69, 9.17) is 14.5 Å². The summed E-state index contributed by atoms with van der Waals surface area (Å²) in [5.41, 5.74) is 0. The quantitative estimate of drug-likeness (QED) is 0.490. The normalized spacial score (nSPS) is 13.9. The van der Waals surface area contributed by atoms with Crippen molar-refractivity contribution < 1.29 is 23.9 Å². The summed E-state index contributed by atoms with van der Waals surface area (Å²) in [7, 11) is -4.23. The molecule has 0 aliphatic heterocycles. The molecule has 0 bridgehead atoms. The molecule has 0 fully saturated rings. The van der Waals surface area contributed by atoms with Crippen LogP contribution in [-0.2, 0) is 14.1 Å². The van der Waals surface area contributed by atoms with Crippen LogP contribution < -0.4 is 0 Å². The minimum absolute atomic E-state index is 0.235. The first kappa shape index (κ1) is 14.8. The van der Waals surface area contributed by atoms with Crippen LogP contribution in [0.15, 0.2) is 0 Å². The van der Waals surface area contributed by atoms with Gasteiger partial charge in [-0.25, -0.2) is 0 Å². The number of hydrogen-bond acceptors (Lipinski definition) is 3. The molecule has 1 unspecified atom stereocenters. The van der Waals surface area contributed by atoms with E-state index in [1.165, 1.54) is 0 Å². The molecule has 15 heavy (non-hydrogen) atoms. The zero-order chi connectivity index (χ0) is 11.9. The second-order valence-corrected chi connectivity index (χ2v) is 5.26. The molecule has 90 valence electrons. The van der Waals surface area contributed by atoms with E-state index in [2.05, 4.69) is 0 Å². The first-order valence-electron chi connectivity index (χ1n) is 5.02. The molecule has 1 atom stereocenters. The van der Waals surface area contributed by atoms with Crippen LogP contribution in [0.4, 0.5) is 0 Å². The van der Waals surface area contributed by atoms with Crippen LogP contribution in [0, 0.1) is 5.92 Å². The summed E-state index contributed by atoms with van der Waals surface area (Å²) < 4.78 is 15.8. The molecule has 0 heterocycles. The maximum Gasteiger partial charge on any atom is 0.332 e. The van der Waals surface area contributed by atoms with Gasteiger partial charge in [-0.05, 0) is 6.42 Å². The summed E-state index contributed by atoms with van der Waals surface area (Å²) >= 11 is 0. The van der Waals surface area contributed by atoms with Crippen molar-refractivity contribution in [3.05, 3.63) is 0 Å². The Kier molecular flexibility index (Phi) is 7.02. The van der Waals surface area contributed by atoms with Gasteiger partial charge in [0.05, 0.1) is 6.61 Å². The fraction of sp³-hybridized carbons (Fsp3) is 0.889. The Labute approximate surface area is 90.0 Å². The van der Waals surface area contributed by atoms with Gasteiger partial charge in [0.25, 0.3) is 0 Å². The third kappa shape index (κ3) is 8.75. The van der Waals surface area contributed by atoms with Gasteiger partial charge in [0.1, 0.15) is 11.9 Å². The topological polar surface area (TPSA) is 83.8 Å². The first-order valence-corrected chi connectivity index (χ1v) is 6.81. The van der Waals surface area contributed by atoms with Gasteiger partial charge in [-0.3, -0.25) is 9.36 Å². The van der Waals surface area contributed by atoms with Gasteiger partial charge >= 0.3 is 7.60 Å². The molecule has 0 rings (SSSR count). The monoisotopic (exact) mass is 238 g/mol. The van der Waals surface area contributed by atoms with Crippen LogP contribution in [0.1, 0.15) is 26.7 Å². The minimum atomic E-state index is -4.23. The highest BCUT2D eigenvalue weighted by atomic mass is 31.2. The number of carbonyl (C=O) groups excluding carboxylic acids is 1. The van der Waals surface area contributed by atoms with Gasteiger partial charge in [-0.1, -0.05) is 20.3 Å². The fourth-order valence-electron chi connectivity index (χ4n) is 0.958. The van der Waals surface area contributed by atoms with Crippen LogP contribution in [0.25, 0.3) is 0 Å². The molecule has 2 N–H and O–H groups in total. The highest BCUT2D eigenvalue weighted by Crippen LogP contribution is 2.34. The van der Waals surface area contributed by atoms with Crippen LogP contribution in [0.2, 0.25) is 0 Å². The molecule has 0 amide bonds. The largest absolute Gasteiger partial charge is 0.381 e. The van der Waals surface area contributed by atoms with Gasteiger partial charge in [0, 0.05) is 12.5 Å². The minimum Gasteiger partial charge on any atom is -0.381 e. The lowest BCUT2D eigenvalue weighted by Gasteiger charge is -2.11. The second-order valence-electron chi connectivity index (χ2n) is 3.62. The Morgan fingerprint density at radius 1 is 1.47 bits per heavy atom. The molecule has 6 heteroatoms. The summed E-state index contributed by atoms with van der Waals surface area (Å²) in [6.07, 6.45) is 1.26. The van der Waals surface area contributed by atoms with Crippen molar-refractivity contribution in [2.75, 3.05) is 19.4 Å².